The molecule has 13 heavy (non-hydrogen) atoms. The summed E-state index contributed by atoms with van der Waals surface area (Å²) in [4.78, 5) is 12.2. The fourth-order valence-corrected chi connectivity index (χ4v) is 3.41. The Kier molecular flexibility index (Phi) is 2.17. The zero-order valence-electron chi connectivity index (χ0n) is 7.03. The predicted molar refractivity (Wildman–Crippen MR) is 56.0 cm³/mol. The van der Waals surface area contributed by atoms with Crippen LogP contribution in [-0.4, -0.2) is 11.1 Å². The molecule has 0 spiro atoms. The van der Waals surface area contributed by atoms with Gasteiger partial charge in [0.2, 0.25) is 0 Å². The van der Waals surface area contributed by atoms with Crippen molar-refractivity contribution in [1.29, 1.82) is 0 Å². The highest BCUT2D eigenvalue weighted by Crippen LogP contribution is 2.36. The third-order valence-corrected chi connectivity index (χ3v) is 4.11. The van der Waals surface area contributed by atoms with Gasteiger partial charge in [-0.2, -0.15) is 0 Å². The van der Waals surface area contributed by atoms with E-state index < -0.39 is 5.97 Å². The number of thiophene rings is 1. The van der Waals surface area contributed by atoms with Crippen LogP contribution < -0.4 is 0 Å². The van der Waals surface area contributed by atoms with Crippen molar-refractivity contribution >= 4 is 35.1 Å². The maximum absolute atomic E-state index is 10.7. The number of carboxylic acids is 1. The first-order valence-corrected chi connectivity index (χ1v) is 5.70. The molecule has 0 fully saturated rings. The quantitative estimate of drug-likeness (QED) is 0.777. The van der Waals surface area contributed by atoms with E-state index in [2.05, 4.69) is 12.3 Å². The topological polar surface area (TPSA) is 37.3 Å². The van der Waals surface area contributed by atoms with Crippen molar-refractivity contribution in [1.82, 2.24) is 0 Å². The standard InChI is InChI=1S/C9H8O2S2/c1-5-3-12-7-2-8(9(10)11)13-4-6(5)7/h2-3H,4H2,1H3,(H,10,11). The lowest BCUT2D eigenvalue weighted by Gasteiger charge is -2.09. The third kappa shape index (κ3) is 1.51. The normalized spacial score (nSPS) is 15.0. The Bertz CT molecular complexity index is 390. The zero-order valence-corrected chi connectivity index (χ0v) is 8.67. The first-order valence-electron chi connectivity index (χ1n) is 3.83. The SMILES string of the molecule is Cc1csc2c1CSC(C(=O)O)=C2. The van der Waals surface area contributed by atoms with E-state index in [4.69, 9.17) is 5.11 Å². The summed E-state index contributed by atoms with van der Waals surface area (Å²) >= 11 is 3.02. The summed E-state index contributed by atoms with van der Waals surface area (Å²) in [6.07, 6.45) is 1.77. The number of aryl methyl sites for hydroxylation is 1. The maximum Gasteiger partial charge on any atom is 0.342 e. The summed E-state index contributed by atoms with van der Waals surface area (Å²) in [6, 6.07) is 0. The van der Waals surface area contributed by atoms with E-state index in [9.17, 15) is 4.79 Å². The number of carboxylic acid groups (broad SMARTS) is 1. The molecule has 1 aromatic rings. The molecule has 0 aliphatic carbocycles. The van der Waals surface area contributed by atoms with Gasteiger partial charge in [-0.05, 0) is 29.5 Å². The highest BCUT2D eigenvalue weighted by atomic mass is 32.2. The molecule has 0 atom stereocenters. The van der Waals surface area contributed by atoms with Crippen molar-refractivity contribution in [2.24, 2.45) is 0 Å². The van der Waals surface area contributed by atoms with Crippen molar-refractivity contribution in [3.05, 3.63) is 26.3 Å². The Balaban J connectivity index is 2.45. The van der Waals surface area contributed by atoms with Crippen molar-refractivity contribution in [2.75, 3.05) is 0 Å². The Morgan fingerprint density at radius 3 is 3.08 bits per heavy atom. The van der Waals surface area contributed by atoms with Crippen LogP contribution in [0.5, 0.6) is 0 Å². The lowest BCUT2D eigenvalue weighted by molar-refractivity contribution is -0.131. The summed E-state index contributed by atoms with van der Waals surface area (Å²) in [5.74, 6) is -0.0234. The highest BCUT2D eigenvalue weighted by molar-refractivity contribution is 8.03. The van der Waals surface area contributed by atoms with Crippen molar-refractivity contribution in [2.45, 2.75) is 12.7 Å². The van der Waals surface area contributed by atoms with E-state index in [1.54, 1.807) is 17.4 Å². The smallest absolute Gasteiger partial charge is 0.342 e. The lowest BCUT2D eigenvalue weighted by Crippen LogP contribution is -2.01. The molecule has 0 aromatic carbocycles. The minimum absolute atomic E-state index is 0.453. The average Bonchev–Trinajstić information content (AvgIpc) is 2.47. The van der Waals surface area contributed by atoms with Gasteiger partial charge >= 0.3 is 5.97 Å². The average molecular weight is 212 g/mol. The first kappa shape index (κ1) is 8.84. The summed E-state index contributed by atoms with van der Waals surface area (Å²) in [5, 5.41) is 10.9. The van der Waals surface area contributed by atoms with Gasteiger partial charge in [0.25, 0.3) is 0 Å². The molecule has 1 N–H and O–H groups in total. The molecule has 0 saturated carbocycles. The van der Waals surface area contributed by atoms with Gasteiger partial charge in [-0.3, -0.25) is 0 Å². The lowest BCUT2D eigenvalue weighted by atomic mass is 10.2. The predicted octanol–water partition coefficient (Wildman–Crippen LogP) is 2.73. The molecule has 0 unspecified atom stereocenters. The molecule has 0 radical (unpaired) electrons. The molecule has 2 heterocycles. The number of carbonyl (C=O) groups is 1. The molecule has 0 bridgehead atoms. The van der Waals surface area contributed by atoms with Gasteiger partial charge < -0.3 is 5.11 Å². The molecule has 1 aliphatic rings. The molecule has 1 aliphatic heterocycles. The Hall–Kier alpha value is -0.740. The van der Waals surface area contributed by atoms with Gasteiger partial charge in [0.1, 0.15) is 0 Å². The summed E-state index contributed by atoms with van der Waals surface area (Å²) in [6.45, 7) is 2.06. The molecule has 2 rings (SSSR count). The van der Waals surface area contributed by atoms with Crippen LogP contribution in [0.1, 0.15) is 16.0 Å². The van der Waals surface area contributed by atoms with Gasteiger partial charge in [-0.15, -0.1) is 23.1 Å². The number of fused-ring (bicyclic) bond motifs is 1. The van der Waals surface area contributed by atoms with Crippen LogP contribution in [0.25, 0.3) is 6.08 Å². The second-order valence-electron chi connectivity index (χ2n) is 2.86. The molecule has 0 amide bonds. The minimum Gasteiger partial charge on any atom is -0.477 e. The van der Waals surface area contributed by atoms with Gasteiger partial charge in [-0.1, -0.05) is 0 Å². The maximum atomic E-state index is 10.7. The van der Waals surface area contributed by atoms with Crippen LogP contribution in [0.3, 0.4) is 0 Å². The third-order valence-electron chi connectivity index (χ3n) is 1.98. The van der Waals surface area contributed by atoms with Gasteiger partial charge in [0.15, 0.2) is 0 Å². The Morgan fingerprint density at radius 2 is 2.38 bits per heavy atom. The van der Waals surface area contributed by atoms with Crippen LogP contribution in [-0.2, 0) is 10.5 Å². The summed E-state index contributed by atoms with van der Waals surface area (Å²) in [5.41, 5.74) is 2.56. The van der Waals surface area contributed by atoms with E-state index in [0.29, 0.717) is 4.91 Å². The van der Waals surface area contributed by atoms with E-state index in [0.717, 1.165) is 10.6 Å². The molecule has 0 saturated heterocycles. The van der Waals surface area contributed by atoms with E-state index in [1.807, 2.05) is 0 Å². The van der Waals surface area contributed by atoms with Gasteiger partial charge in [0, 0.05) is 10.6 Å². The van der Waals surface area contributed by atoms with Crippen molar-refractivity contribution in [3.8, 4) is 0 Å². The molecule has 2 nitrogen and oxygen atoms in total. The molecule has 1 aromatic heterocycles. The number of rotatable bonds is 1. The first-order chi connectivity index (χ1) is 6.18. The number of aliphatic carboxylic acids is 1. The fourth-order valence-electron chi connectivity index (χ4n) is 1.23. The monoisotopic (exact) mass is 212 g/mol. The summed E-state index contributed by atoms with van der Waals surface area (Å²) in [7, 11) is 0. The van der Waals surface area contributed by atoms with Crippen LogP contribution in [0.2, 0.25) is 0 Å². The Morgan fingerprint density at radius 1 is 1.62 bits per heavy atom. The van der Waals surface area contributed by atoms with Crippen LogP contribution in [0.4, 0.5) is 0 Å². The highest BCUT2D eigenvalue weighted by Gasteiger charge is 2.18. The van der Waals surface area contributed by atoms with Crippen LogP contribution in [0.15, 0.2) is 10.3 Å². The molecule has 68 valence electrons. The zero-order chi connectivity index (χ0) is 9.42. The van der Waals surface area contributed by atoms with Crippen LogP contribution >= 0.6 is 23.1 Å². The van der Waals surface area contributed by atoms with Crippen molar-refractivity contribution in [3.63, 3.8) is 0 Å². The fraction of sp³-hybridized carbons (Fsp3) is 0.222. The number of thioether (sulfide) groups is 1. The Labute approximate surface area is 84.3 Å². The molecular weight excluding hydrogens is 204 g/mol. The number of hydrogen-bond acceptors (Lipinski definition) is 3. The molecular formula is C9H8O2S2. The van der Waals surface area contributed by atoms with E-state index >= 15 is 0 Å². The van der Waals surface area contributed by atoms with E-state index in [-0.39, 0.29) is 0 Å². The minimum atomic E-state index is -0.818. The van der Waals surface area contributed by atoms with Crippen LogP contribution in [0, 0.1) is 6.92 Å². The van der Waals surface area contributed by atoms with Crippen molar-refractivity contribution < 1.29 is 9.90 Å². The largest absolute Gasteiger partial charge is 0.477 e. The van der Waals surface area contributed by atoms with Gasteiger partial charge in [0.05, 0.1) is 4.91 Å². The second kappa shape index (κ2) is 3.20. The van der Waals surface area contributed by atoms with Gasteiger partial charge in [-0.25, -0.2) is 4.79 Å². The molecule has 4 heteroatoms. The second-order valence-corrected chi connectivity index (χ2v) is 4.79. The van der Waals surface area contributed by atoms with E-state index in [1.165, 1.54) is 22.9 Å². The number of hydrogen-bond donors (Lipinski definition) is 1. The summed E-state index contributed by atoms with van der Waals surface area (Å²) < 4.78 is 0.